The Balaban J connectivity index is 1.72. The number of amides is 2. The maximum atomic E-state index is 12.3. The third-order valence-corrected chi connectivity index (χ3v) is 5.66. The molecule has 0 unspecified atom stereocenters. The number of nitrogens with one attached hydrogen (secondary N) is 1. The third kappa shape index (κ3) is 4.89. The Morgan fingerprint density at radius 3 is 2.22 bits per heavy atom. The van der Waals surface area contributed by atoms with Crippen molar-refractivity contribution in [3.05, 3.63) is 71.8 Å². The first-order valence-corrected chi connectivity index (χ1v) is 9.94. The van der Waals surface area contributed by atoms with Crippen LogP contribution in [0.1, 0.15) is 30.9 Å². The Hall–Kier alpha value is -2.33. The maximum absolute atomic E-state index is 12.3. The third-order valence-electron chi connectivity index (χ3n) is 5.66. The first-order chi connectivity index (χ1) is 13.1. The second kappa shape index (κ2) is 9.05. The molecule has 0 atom stereocenters. The molecule has 1 aliphatic rings. The number of likely N-dealkylation sites (N-methyl/N-ethyl adjacent to an activating group) is 1. The number of hydrogen-bond acceptors (Lipinski definition) is 2. The molecule has 1 saturated heterocycles. The first kappa shape index (κ1) is 19.4. The van der Waals surface area contributed by atoms with Crippen LogP contribution in [0.15, 0.2) is 60.7 Å². The lowest BCUT2D eigenvalue weighted by Gasteiger charge is -2.44. The molecule has 1 aliphatic heterocycles. The second-order valence-electron chi connectivity index (χ2n) is 7.60. The molecular formula is C23H31N3O. The number of likely N-dealkylation sites (tertiary alicyclic amines) is 1. The van der Waals surface area contributed by atoms with E-state index in [4.69, 9.17) is 0 Å². The zero-order valence-electron chi connectivity index (χ0n) is 16.5. The molecule has 4 heteroatoms. The summed E-state index contributed by atoms with van der Waals surface area (Å²) in [5.41, 5.74) is 2.73. The van der Waals surface area contributed by atoms with Crippen molar-refractivity contribution in [1.82, 2.24) is 15.1 Å². The minimum Gasteiger partial charge on any atom is -0.338 e. The van der Waals surface area contributed by atoms with Crippen LogP contribution in [0.2, 0.25) is 0 Å². The van der Waals surface area contributed by atoms with Crippen LogP contribution in [0.3, 0.4) is 0 Å². The Morgan fingerprint density at radius 2 is 1.63 bits per heavy atom. The van der Waals surface area contributed by atoms with Gasteiger partial charge in [-0.05, 0) is 44.0 Å². The molecule has 2 aromatic carbocycles. The number of rotatable bonds is 6. The van der Waals surface area contributed by atoms with Crippen molar-refractivity contribution in [2.75, 3.05) is 33.2 Å². The van der Waals surface area contributed by atoms with Crippen LogP contribution < -0.4 is 5.32 Å². The molecule has 0 aliphatic carbocycles. The summed E-state index contributed by atoms with van der Waals surface area (Å²) >= 11 is 0. The van der Waals surface area contributed by atoms with Crippen LogP contribution in [0.4, 0.5) is 4.79 Å². The summed E-state index contributed by atoms with van der Waals surface area (Å²) in [4.78, 5) is 16.7. The number of piperidine rings is 1. The number of hydrogen-bond donors (Lipinski definition) is 1. The second-order valence-corrected chi connectivity index (χ2v) is 7.60. The summed E-state index contributed by atoms with van der Waals surface area (Å²) in [6.07, 6.45) is 2.13. The van der Waals surface area contributed by atoms with E-state index in [1.54, 1.807) is 0 Å². The van der Waals surface area contributed by atoms with Crippen LogP contribution in [0, 0.1) is 0 Å². The lowest BCUT2D eigenvalue weighted by Crippen LogP contribution is -2.50. The highest BCUT2D eigenvalue weighted by atomic mass is 16.2. The predicted molar refractivity (Wildman–Crippen MR) is 111 cm³/mol. The van der Waals surface area contributed by atoms with Crippen molar-refractivity contribution in [1.29, 1.82) is 0 Å². The summed E-state index contributed by atoms with van der Waals surface area (Å²) in [5.74, 6) is 0. The SMILES string of the molecule is CCNC(=O)N(C)CC1(c2ccccc2)CCN(Cc2ccccc2)CC1. The number of carbonyl (C=O) groups is 1. The van der Waals surface area contributed by atoms with Gasteiger partial charge in [0.05, 0.1) is 0 Å². The van der Waals surface area contributed by atoms with Crippen molar-refractivity contribution >= 4 is 6.03 Å². The number of benzene rings is 2. The minimum absolute atomic E-state index is 0.0134. The molecule has 0 radical (unpaired) electrons. The van der Waals surface area contributed by atoms with Gasteiger partial charge >= 0.3 is 6.03 Å². The molecule has 0 saturated carbocycles. The Morgan fingerprint density at radius 1 is 1.04 bits per heavy atom. The smallest absolute Gasteiger partial charge is 0.317 e. The zero-order valence-corrected chi connectivity index (χ0v) is 16.5. The maximum Gasteiger partial charge on any atom is 0.317 e. The Labute approximate surface area is 163 Å². The molecule has 144 valence electrons. The molecule has 0 spiro atoms. The van der Waals surface area contributed by atoms with Gasteiger partial charge in [-0.3, -0.25) is 4.90 Å². The lowest BCUT2D eigenvalue weighted by molar-refractivity contribution is 0.125. The van der Waals surface area contributed by atoms with E-state index in [2.05, 4.69) is 70.9 Å². The van der Waals surface area contributed by atoms with E-state index >= 15 is 0 Å². The summed E-state index contributed by atoms with van der Waals surface area (Å²) in [6.45, 7) is 6.47. The van der Waals surface area contributed by atoms with Crippen molar-refractivity contribution < 1.29 is 4.79 Å². The summed E-state index contributed by atoms with van der Waals surface area (Å²) < 4.78 is 0. The van der Waals surface area contributed by atoms with E-state index in [0.29, 0.717) is 6.54 Å². The molecule has 1 heterocycles. The molecule has 1 N–H and O–H groups in total. The monoisotopic (exact) mass is 365 g/mol. The lowest BCUT2D eigenvalue weighted by atomic mass is 9.72. The standard InChI is InChI=1S/C23H31N3O/c1-3-24-22(27)25(2)19-23(21-12-8-5-9-13-21)14-16-26(17-15-23)18-20-10-6-4-7-11-20/h4-13H,3,14-19H2,1-2H3,(H,24,27). The van der Waals surface area contributed by atoms with E-state index in [1.165, 1.54) is 11.1 Å². The van der Waals surface area contributed by atoms with E-state index in [9.17, 15) is 4.79 Å². The van der Waals surface area contributed by atoms with Gasteiger partial charge in [0.15, 0.2) is 0 Å². The van der Waals surface area contributed by atoms with Crippen LogP contribution in [-0.4, -0.2) is 49.1 Å². The van der Waals surface area contributed by atoms with Gasteiger partial charge in [0.2, 0.25) is 0 Å². The van der Waals surface area contributed by atoms with Crippen molar-refractivity contribution in [3.63, 3.8) is 0 Å². The summed E-state index contributed by atoms with van der Waals surface area (Å²) in [7, 11) is 1.91. The molecule has 1 fully saturated rings. The minimum atomic E-state index is 0.0134. The van der Waals surface area contributed by atoms with E-state index in [0.717, 1.165) is 39.0 Å². The van der Waals surface area contributed by atoms with Crippen molar-refractivity contribution in [2.45, 2.75) is 31.7 Å². The molecule has 3 rings (SSSR count). The van der Waals surface area contributed by atoms with Crippen molar-refractivity contribution in [2.24, 2.45) is 0 Å². The number of urea groups is 1. The Kier molecular flexibility index (Phi) is 6.51. The average Bonchev–Trinajstić information content (AvgIpc) is 2.71. The topological polar surface area (TPSA) is 35.6 Å². The van der Waals surface area contributed by atoms with Gasteiger partial charge in [-0.2, -0.15) is 0 Å². The van der Waals surface area contributed by atoms with Gasteiger partial charge in [0, 0.05) is 32.1 Å². The van der Waals surface area contributed by atoms with E-state index < -0.39 is 0 Å². The largest absolute Gasteiger partial charge is 0.338 e. The normalized spacial score (nSPS) is 16.7. The quantitative estimate of drug-likeness (QED) is 0.843. The zero-order chi connectivity index (χ0) is 19.1. The molecular weight excluding hydrogens is 334 g/mol. The summed E-state index contributed by atoms with van der Waals surface area (Å²) in [5, 5.41) is 2.92. The highest BCUT2D eigenvalue weighted by Crippen LogP contribution is 2.36. The van der Waals surface area contributed by atoms with Gasteiger partial charge in [-0.25, -0.2) is 4.79 Å². The molecule has 27 heavy (non-hydrogen) atoms. The number of nitrogens with zero attached hydrogens (tertiary/aromatic N) is 2. The van der Waals surface area contributed by atoms with E-state index in [-0.39, 0.29) is 11.4 Å². The first-order valence-electron chi connectivity index (χ1n) is 9.94. The van der Waals surface area contributed by atoms with Gasteiger partial charge in [0.1, 0.15) is 0 Å². The fourth-order valence-corrected chi connectivity index (χ4v) is 4.12. The van der Waals surface area contributed by atoms with Gasteiger partial charge < -0.3 is 10.2 Å². The molecule has 4 nitrogen and oxygen atoms in total. The van der Waals surface area contributed by atoms with Crippen LogP contribution in [0.25, 0.3) is 0 Å². The molecule has 0 aromatic heterocycles. The Bertz CT molecular complexity index is 709. The highest BCUT2D eigenvalue weighted by Gasteiger charge is 2.38. The molecule has 2 amide bonds. The summed E-state index contributed by atoms with van der Waals surface area (Å²) in [6, 6.07) is 21.4. The highest BCUT2D eigenvalue weighted by molar-refractivity contribution is 5.73. The number of carbonyl (C=O) groups excluding carboxylic acids is 1. The van der Waals surface area contributed by atoms with Crippen LogP contribution >= 0.6 is 0 Å². The van der Waals surface area contributed by atoms with Gasteiger partial charge in [-0.1, -0.05) is 60.7 Å². The van der Waals surface area contributed by atoms with Crippen LogP contribution in [-0.2, 0) is 12.0 Å². The predicted octanol–water partition coefficient (Wildman–Crippen LogP) is 3.88. The average molecular weight is 366 g/mol. The van der Waals surface area contributed by atoms with Gasteiger partial charge in [0.25, 0.3) is 0 Å². The molecule has 0 bridgehead atoms. The van der Waals surface area contributed by atoms with E-state index in [1.807, 2.05) is 18.9 Å². The van der Waals surface area contributed by atoms with Crippen molar-refractivity contribution in [3.8, 4) is 0 Å². The van der Waals surface area contributed by atoms with Gasteiger partial charge in [-0.15, -0.1) is 0 Å². The fourth-order valence-electron chi connectivity index (χ4n) is 4.12. The fraction of sp³-hybridized carbons (Fsp3) is 0.435. The van der Waals surface area contributed by atoms with Crippen LogP contribution in [0.5, 0.6) is 0 Å². The molecule has 2 aromatic rings.